The van der Waals surface area contributed by atoms with Gasteiger partial charge < -0.3 is 5.32 Å². The van der Waals surface area contributed by atoms with E-state index in [2.05, 4.69) is 5.32 Å². The van der Waals surface area contributed by atoms with E-state index in [1.807, 2.05) is 6.92 Å². The van der Waals surface area contributed by atoms with Gasteiger partial charge in [0.2, 0.25) is 0 Å². The Hall–Kier alpha value is -0.740. The smallest absolute Gasteiger partial charge is 0.123 e. The Morgan fingerprint density at radius 3 is 2.88 bits per heavy atom. The molecule has 1 atom stereocenters. The third kappa shape index (κ3) is 4.86. The third-order valence-electron chi connectivity index (χ3n) is 2.41. The molecular formula is C12H18FNOS. The van der Waals surface area contributed by atoms with Crippen LogP contribution in [0.2, 0.25) is 0 Å². The summed E-state index contributed by atoms with van der Waals surface area (Å²) in [6.07, 6.45) is 2.59. The molecule has 0 saturated heterocycles. The first-order valence-corrected chi connectivity index (χ1v) is 7.08. The summed E-state index contributed by atoms with van der Waals surface area (Å²) < 4.78 is 23.8. The van der Waals surface area contributed by atoms with E-state index in [9.17, 15) is 8.60 Å². The van der Waals surface area contributed by atoms with E-state index in [1.54, 1.807) is 18.4 Å². The molecule has 0 aliphatic heterocycles. The highest BCUT2D eigenvalue weighted by Gasteiger charge is 2.00. The lowest BCUT2D eigenvalue weighted by molar-refractivity contribution is 0.617. The van der Waals surface area contributed by atoms with Crippen molar-refractivity contribution in [1.29, 1.82) is 0 Å². The van der Waals surface area contributed by atoms with Gasteiger partial charge in [0.1, 0.15) is 5.82 Å². The van der Waals surface area contributed by atoms with E-state index in [1.165, 1.54) is 6.07 Å². The molecule has 0 radical (unpaired) electrons. The molecule has 0 saturated carbocycles. The van der Waals surface area contributed by atoms with Gasteiger partial charge in [-0.25, -0.2) is 4.39 Å². The number of hydrogen-bond acceptors (Lipinski definition) is 2. The Labute approximate surface area is 98.7 Å². The molecule has 90 valence electrons. The van der Waals surface area contributed by atoms with Gasteiger partial charge in [-0.15, -0.1) is 0 Å². The Kier molecular flexibility index (Phi) is 5.63. The SMILES string of the molecule is Cc1ccc(F)cc1CNCCCS(C)=O. The van der Waals surface area contributed by atoms with Crippen LogP contribution in [-0.4, -0.2) is 22.8 Å². The van der Waals surface area contributed by atoms with Gasteiger partial charge in [-0.3, -0.25) is 4.21 Å². The van der Waals surface area contributed by atoms with Crippen molar-refractivity contribution in [2.24, 2.45) is 0 Å². The van der Waals surface area contributed by atoms with Crippen LogP contribution >= 0.6 is 0 Å². The maximum atomic E-state index is 13.0. The van der Waals surface area contributed by atoms with Crippen molar-refractivity contribution in [3.05, 3.63) is 35.1 Å². The molecule has 1 unspecified atom stereocenters. The zero-order chi connectivity index (χ0) is 12.0. The second-order valence-electron chi connectivity index (χ2n) is 3.88. The van der Waals surface area contributed by atoms with Crippen LogP contribution in [-0.2, 0) is 17.3 Å². The second-order valence-corrected chi connectivity index (χ2v) is 5.43. The molecule has 0 fully saturated rings. The molecule has 1 N–H and O–H groups in total. The minimum atomic E-state index is -0.722. The van der Waals surface area contributed by atoms with Gasteiger partial charge in [-0.2, -0.15) is 0 Å². The fraction of sp³-hybridized carbons (Fsp3) is 0.500. The Morgan fingerprint density at radius 1 is 1.44 bits per heavy atom. The summed E-state index contributed by atoms with van der Waals surface area (Å²) in [5.74, 6) is 0.520. The average Bonchev–Trinajstić information content (AvgIpc) is 2.22. The standard InChI is InChI=1S/C12H18FNOS/c1-10-4-5-12(13)8-11(10)9-14-6-3-7-16(2)15/h4-5,8,14H,3,6-7,9H2,1-2H3. The van der Waals surface area contributed by atoms with Crippen LogP contribution < -0.4 is 5.32 Å². The van der Waals surface area contributed by atoms with Crippen LogP contribution in [0.5, 0.6) is 0 Å². The highest BCUT2D eigenvalue weighted by Crippen LogP contribution is 2.09. The summed E-state index contributed by atoms with van der Waals surface area (Å²) in [5.41, 5.74) is 2.07. The normalized spacial score (nSPS) is 12.7. The van der Waals surface area contributed by atoms with Crippen molar-refractivity contribution >= 4 is 10.8 Å². The summed E-state index contributed by atoms with van der Waals surface area (Å²) >= 11 is 0. The van der Waals surface area contributed by atoms with Crippen LogP contribution in [0.1, 0.15) is 17.5 Å². The van der Waals surface area contributed by atoms with Crippen molar-refractivity contribution in [1.82, 2.24) is 5.32 Å². The maximum Gasteiger partial charge on any atom is 0.123 e. The lowest BCUT2D eigenvalue weighted by atomic mass is 10.1. The topological polar surface area (TPSA) is 29.1 Å². The average molecular weight is 243 g/mol. The summed E-state index contributed by atoms with van der Waals surface area (Å²) in [5, 5.41) is 3.22. The lowest BCUT2D eigenvalue weighted by Crippen LogP contribution is -2.17. The number of benzene rings is 1. The van der Waals surface area contributed by atoms with Gasteiger partial charge in [-0.05, 0) is 43.1 Å². The molecule has 4 heteroatoms. The summed E-state index contributed by atoms with van der Waals surface area (Å²) in [6.45, 7) is 3.45. The largest absolute Gasteiger partial charge is 0.313 e. The predicted molar refractivity (Wildman–Crippen MR) is 66.4 cm³/mol. The first kappa shape index (κ1) is 13.3. The number of aryl methyl sites for hydroxylation is 1. The van der Waals surface area contributed by atoms with E-state index < -0.39 is 10.8 Å². The summed E-state index contributed by atoms with van der Waals surface area (Å²) in [4.78, 5) is 0. The van der Waals surface area contributed by atoms with Gasteiger partial charge in [0.15, 0.2) is 0 Å². The molecule has 0 amide bonds. The van der Waals surface area contributed by atoms with Crippen LogP contribution in [0.25, 0.3) is 0 Å². The van der Waals surface area contributed by atoms with E-state index in [0.29, 0.717) is 6.54 Å². The van der Waals surface area contributed by atoms with Crippen molar-refractivity contribution < 1.29 is 8.60 Å². The summed E-state index contributed by atoms with van der Waals surface area (Å²) in [6, 6.07) is 4.81. The highest BCUT2D eigenvalue weighted by atomic mass is 32.2. The molecule has 0 aliphatic carbocycles. The molecule has 1 rings (SSSR count). The Morgan fingerprint density at radius 2 is 2.19 bits per heavy atom. The quantitative estimate of drug-likeness (QED) is 0.774. The Bertz CT molecular complexity index is 368. The van der Waals surface area contributed by atoms with E-state index >= 15 is 0 Å². The molecule has 0 spiro atoms. The van der Waals surface area contributed by atoms with Crippen molar-refractivity contribution in [3.8, 4) is 0 Å². The summed E-state index contributed by atoms with van der Waals surface area (Å²) in [7, 11) is -0.722. The van der Waals surface area contributed by atoms with E-state index in [-0.39, 0.29) is 5.82 Å². The number of halogens is 1. The zero-order valence-electron chi connectivity index (χ0n) is 9.75. The fourth-order valence-corrected chi connectivity index (χ4v) is 2.00. The molecule has 0 heterocycles. The predicted octanol–water partition coefficient (Wildman–Crippen LogP) is 1.99. The molecule has 0 bridgehead atoms. The zero-order valence-corrected chi connectivity index (χ0v) is 10.6. The van der Waals surface area contributed by atoms with Gasteiger partial charge in [-0.1, -0.05) is 6.07 Å². The van der Waals surface area contributed by atoms with Gasteiger partial charge in [0.25, 0.3) is 0 Å². The van der Waals surface area contributed by atoms with Crippen molar-refractivity contribution in [2.45, 2.75) is 19.9 Å². The van der Waals surface area contributed by atoms with Crippen molar-refractivity contribution in [2.75, 3.05) is 18.6 Å². The third-order valence-corrected chi connectivity index (χ3v) is 3.28. The first-order chi connectivity index (χ1) is 7.59. The van der Waals surface area contributed by atoms with Crippen LogP contribution in [0.4, 0.5) is 4.39 Å². The number of hydrogen-bond donors (Lipinski definition) is 1. The molecule has 1 aromatic carbocycles. The minimum Gasteiger partial charge on any atom is -0.313 e. The van der Waals surface area contributed by atoms with E-state index in [0.717, 1.165) is 29.8 Å². The molecule has 1 aromatic rings. The molecule has 0 aliphatic rings. The fourth-order valence-electron chi connectivity index (χ4n) is 1.45. The van der Waals surface area contributed by atoms with E-state index in [4.69, 9.17) is 0 Å². The lowest BCUT2D eigenvalue weighted by Gasteiger charge is -2.07. The monoisotopic (exact) mass is 243 g/mol. The highest BCUT2D eigenvalue weighted by molar-refractivity contribution is 7.84. The number of rotatable bonds is 6. The van der Waals surface area contributed by atoms with Crippen LogP contribution in [0.15, 0.2) is 18.2 Å². The van der Waals surface area contributed by atoms with Crippen molar-refractivity contribution in [3.63, 3.8) is 0 Å². The molecular weight excluding hydrogens is 225 g/mol. The Balaban J connectivity index is 2.31. The van der Waals surface area contributed by atoms with Crippen LogP contribution in [0, 0.1) is 12.7 Å². The molecule has 2 nitrogen and oxygen atoms in total. The van der Waals surface area contributed by atoms with Gasteiger partial charge in [0.05, 0.1) is 0 Å². The first-order valence-electron chi connectivity index (χ1n) is 5.35. The minimum absolute atomic E-state index is 0.197. The second kappa shape index (κ2) is 6.76. The van der Waals surface area contributed by atoms with Gasteiger partial charge >= 0.3 is 0 Å². The maximum absolute atomic E-state index is 13.0. The van der Waals surface area contributed by atoms with Gasteiger partial charge in [0, 0.05) is 29.4 Å². The molecule has 16 heavy (non-hydrogen) atoms. The number of nitrogens with one attached hydrogen (secondary N) is 1. The van der Waals surface area contributed by atoms with Crippen LogP contribution in [0.3, 0.4) is 0 Å². The molecule has 0 aromatic heterocycles.